The molecule has 0 saturated heterocycles. The van der Waals surface area contributed by atoms with Gasteiger partial charge >= 0.3 is 5.97 Å². The number of hydrogen-bond acceptors (Lipinski definition) is 5. The first-order valence-electron chi connectivity index (χ1n) is 8.80. The van der Waals surface area contributed by atoms with Crippen LogP contribution in [0.5, 0.6) is 0 Å². The van der Waals surface area contributed by atoms with E-state index < -0.39 is 5.97 Å². The number of para-hydroxylation sites is 1. The zero-order chi connectivity index (χ0) is 20.0. The Morgan fingerprint density at radius 3 is 2.75 bits per heavy atom. The van der Waals surface area contributed by atoms with Crippen molar-refractivity contribution in [2.75, 3.05) is 5.32 Å². The normalized spacial score (nSPS) is 12.4. The van der Waals surface area contributed by atoms with Crippen molar-refractivity contribution in [3.8, 4) is 0 Å². The number of fused-ring (bicyclic) bond motifs is 3. The summed E-state index contributed by atoms with van der Waals surface area (Å²) in [5, 5.41) is 17.5. The van der Waals surface area contributed by atoms with E-state index in [-0.39, 0.29) is 17.2 Å². The summed E-state index contributed by atoms with van der Waals surface area (Å²) in [6.07, 6.45) is 1.41. The predicted octanol–water partition coefficient (Wildman–Crippen LogP) is 2.76. The molecule has 28 heavy (non-hydrogen) atoms. The van der Waals surface area contributed by atoms with Gasteiger partial charge in [-0.25, -0.2) is 4.79 Å². The summed E-state index contributed by atoms with van der Waals surface area (Å²) < 4.78 is 3.11. The molecule has 4 rings (SSSR count). The number of carboxylic acids is 1. The number of nitrogens with zero attached hydrogens (tertiary/aromatic N) is 4. The highest BCUT2D eigenvalue weighted by Gasteiger charge is 2.19. The largest absolute Gasteiger partial charge is 0.478 e. The van der Waals surface area contributed by atoms with E-state index in [9.17, 15) is 14.7 Å². The molecule has 2 aromatic carbocycles. The first kappa shape index (κ1) is 17.7. The molecule has 2 N–H and O–H groups in total. The molecule has 0 saturated carbocycles. The third-order valence-corrected chi connectivity index (χ3v) is 4.86. The number of hydrogen-bond donors (Lipinski definition) is 2. The Morgan fingerprint density at radius 2 is 2.00 bits per heavy atom. The molecule has 4 aromatic rings. The van der Waals surface area contributed by atoms with Gasteiger partial charge in [0.25, 0.3) is 5.56 Å². The van der Waals surface area contributed by atoms with Crippen LogP contribution in [0, 0.1) is 6.92 Å². The molecule has 0 aliphatic rings. The lowest BCUT2D eigenvalue weighted by Gasteiger charge is -2.20. The standard InChI is InChI=1S/C20H19N5O3/c1-11-8-14(12(2)23-16-7-5-4-6-13(16)19(27)28)17-15(9-11)18(26)24(3)20-21-10-22-25(17)20/h4-10,12,23H,1-3H3,(H,27,28). The van der Waals surface area contributed by atoms with Gasteiger partial charge in [-0.15, -0.1) is 0 Å². The van der Waals surface area contributed by atoms with Crippen LogP contribution in [0.4, 0.5) is 5.69 Å². The van der Waals surface area contributed by atoms with Crippen LogP contribution in [0.25, 0.3) is 16.7 Å². The number of aromatic nitrogens is 4. The fourth-order valence-electron chi connectivity index (χ4n) is 3.54. The maximum absolute atomic E-state index is 12.9. The average Bonchev–Trinajstić information content (AvgIpc) is 3.15. The molecule has 1 unspecified atom stereocenters. The number of benzene rings is 2. The molecule has 0 radical (unpaired) electrons. The van der Waals surface area contributed by atoms with E-state index >= 15 is 0 Å². The molecular formula is C20H19N5O3. The van der Waals surface area contributed by atoms with Crippen LogP contribution in [-0.4, -0.2) is 30.2 Å². The molecule has 0 fully saturated rings. The molecule has 2 heterocycles. The van der Waals surface area contributed by atoms with E-state index in [1.54, 1.807) is 35.8 Å². The molecule has 0 amide bonds. The first-order valence-corrected chi connectivity index (χ1v) is 8.80. The maximum Gasteiger partial charge on any atom is 0.337 e. The molecule has 2 aromatic heterocycles. The summed E-state index contributed by atoms with van der Waals surface area (Å²) in [6.45, 7) is 3.85. The second-order valence-corrected chi connectivity index (χ2v) is 6.80. The lowest BCUT2D eigenvalue weighted by molar-refractivity contribution is 0.0698. The molecule has 8 nitrogen and oxygen atoms in total. The number of aromatic carboxylic acids is 1. The molecular weight excluding hydrogens is 358 g/mol. The molecule has 0 bridgehead atoms. The highest BCUT2D eigenvalue weighted by Crippen LogP contribution is 2.28. The van der Waals surface area contributed by atoms with Crippen molar-refractivity contribution in [1.29, 1.82) is 0 Å². The Balaban J connectivity index is 1.94. The lowest BCUT2D eigenvalue weighted by Crippen LogP contribution is -2.22. The van der Waals surface area contributed by atoms with Gasteiger partial charge in [0.15, 0.2) is 0 Å². The van der Waals surface area contributed by atoms with Crippen molar-refractivity contribution in [3.05, 3.63) is 69.8 Å². The summed E-state index contributed by atoms with van der Waals surface area (Å²) in [7, 11) is 1.67. The Labute approximate surface area is 160 Å². The quantitative estimate of drug-likeness (QED) is 0.567. The number of rotatable bonds is 4. The number of nitrogens with one attached hydrogen (secondary N) is 1. The highest BCUT2D eigenvalue weighted by atomic mass is 16.4. The number of aryl methyl sites for hydroxylation is 2. The van der Waals surface area contributed by atoms with Crippen LogP contribution >= 0.6 is 0 Å². The van der Waals surface area contributed by atoms with Gasteiger partial charge in [-0.2, -0.15) is 14.6 Å². The summed E-state index contributed by atoms with van der Waals surface area (Å²) in [5.41, 5.74) is 2.97. The van der Waals surface area contributed by atoms with Gasteiger partial charge in [0.1, 0.15) is 6.33 Å². The smallest absolute Gasteiger partial charge is 0.337 e. The first-order chi connectivity index (χ1) is 13.4. The third kappa shape index (κ3) is 2.70. The Hall–Kier alpha value is -3.68. The Morgan fingerprint density at radius 1 is 1.25 bits per heavy atom. The average molecular weight is 377 g/mol. The minimum absolute atomic E-state index is 0.154. The number of anilines is 1. The maximum atomic E-state index is 12.9. The van der Waals surface area contributed by atoms with Crippen LogP contribution in [0.3, 0.4) is 0 Å². The van der Waals surface area contributed by atoms with Gasteiger partial charge in [-0.1, -0.05) is 18.2 Å². The van der Waals surface area contributed by atoms with Gasteiger partial charge in [-0.3, -0.25) is 9.36 Å². The van der Waals surface area contributed by atoms with Gasteiger partial charge in [0.05, 0.1) is 22.5 Å². The van der Waals surface area contributed by atoms with Gasteiger partial charge in [0, 0.05) is 18.3 Å². The SMILES string of the molecule is Cc1cc(C(C)Nc2ccccc2C(=O)O)c2c(c1)c(=O)n(C)c1ncnn21. The number of carbonyl (C=O) groups is 1. The van der Waals surface area contributed by atoms with Crippen molar-refractivity contribution >= 4 is 28.3 Å². The monoisotopic (exact) mass is 377 g/mol. The molecule has 1 atom stereocenters. The zero-order valence-corrected chi connectivity index (χ0v) is 15.7. The van der Waals surface area contributed by atoms with Crippen LogP contribution in [0.1, 0.15) is 34.5 Å². The Bertz CT molecular complexity index is 1290. The van der Waals surface area contributed by atoms with Crippen molar-refractivity contribution in [2.24, 2.45) is 7.05 Å². The molecule has 142 valence electrons. The fourth-order valence-corrected chi connectivity index (χ4v) is 3.54. The van der Waals surface area contributed by atoms with E-state index in [0.717, 1.165) is 11.1 Å². The van der Waals surface area contributed by atoms with Gasteiger partial charge < -0.3 is 10.4 Å². The summed E-state index contributed by atoms with van der Waals surface area (Å²) >= 11 is 0. The van der Waals surface area contributed by atoms with Crippen molar-refractivity contribution < 1.29 is 9.90 Å². The van der Waals surface area contributed by atoms with Gasteiger partial charge in [0.2, 0.25) is 5.78 Å². The van der Waals surface area contributed by atoms with Crippen LogP contribution < -0.4 is 10.9 Å². The van der Waals surface area contributed by atoms with E-state index in [2.05, 4.69) is 15.4 Å². The van der Waals surface area contributed by atoms with Crippen molar-refractivity contribution in [1.82, 2.24) is 19.2 Å². The van der Waals surface area contributed by atoms with E-state index in [1.807, 2.05) is 26.0 Å². The van der Waals surface area contributed by atoms with E-state index in [0.29, 0.717) is 22.4 Å². The summed E-state index contributed by atoms with van der Waals surface area (Å²) in [6, 6.07) is 10.3. The fraction of sp³-hybridized carbons (Fsp3) is 0.200. The second-order valence-electron chi connectivity index (χ2n) is 6.80. The van der Waals surface area contributed by atoms with Crippen LogP contribution in [0.15, 0.2) is 47.5 Å². The number of carboxylic acid groups (broad SMARTS) is 1. The summed E-state index contributed by atoms with van der Waals surface area (Å²) in [4.78, 5) is 28.6. The second kappa shape index (κ2) is 6.49. The van der Waals surface area contributed by atoms with Crippen molar-refractivity contribution in [2.45, 2.75) is 19.9 Å². The molecule has 0 aliphatic carbocycles. The summed E-state index contributed by atoms with van der Waals surface area (Å²) in [5.74, 6) is -0.558. The minimum atomic E-state index is -1.00. The minimum Gasteiger partial charge on any atom is -0.478 e. The van der Waals surface area contributed by atoms with Crippen molar-refractivity contribution in [3.63, 3.8) is 0 Å². The highest BCUT2D eigenvalue weighted by molar-refractivity contribution is 5.94. The van der Waals surface area contributed by atoms with E-state index in [4.69, 9.17) is 0 Å². The Kier molecular flexibility index (Phi) is 4.11. The van der Waals surface area contributed by atoms with E-state index in [1.165, 1.54) is 10.9 Å². The molecule has 0 aliphatic heterocycles. The van der Waals surface area contributed by atoms with Crippen LogP contribution in [0.2, 0.25) is 0 Å². The third-order valence-electron chi connectivity index (χ3n) is 4.86. The topological polar surface area (TPSA) is 102 Å². The molecule has 8 heteroatoms. The lowest BCUT2D eigenvalue weighted by atomic mass is 10.0. The zero-order valence-electron chi connectivity index (χ0n) is 15.7. The predicted molar refractivity (Wildman–Crippen MR) is 106 cm³/mol. The van der Waals surface area contributed by atoms with Gasteiger partial charge in [-0.05, 0) is 37.6 Å². The molecule has 0 spiro atoms. The van der Waals surface area contributed by atoms with Crippen LogP contribution in [-0.2, 0) is 7.05 Å².